The topological polar surface area (TPSA) is 65.1 Å². The monoisotopic (exact) mass is 308 g/mol. The standard InChI is InChI=1S/C19H20N2O2/c22-12-4-7-18(14-5-2-1-3-6-14)21-19(23)16-8-9-17-15(13-16)10-11-20-17/h1-3,5-6,8-11,13,18,20,22H,4,7,12H2,(H,21,23)/t18-/m0/s1. The molecule has 118 valence electrons. The summed E-state index contributed by atoms with van der Waals surface area (Å²) in [6, 6.07) is 17.3. The lowest BCUT2D eigenvalue weighted by atomic mass is 10.0. The zero-order chi connectivity index (χ0) is 16.1. The van der Waals surface area contributed by atoms with Gasteiger partial charge in [0.2, 0.25) is 0 Å². The summed E-state index contributed by atoms with van der Waals surface area (Å²) in [5, 5.41) is 13.2. The van der Waals surface area contributed by atoms with Crippen LogP contribution in [0.25, 0.3) is 10.9 Å². The molecule has 0 saturated carbocycles. The second kappa shape index (κ2) is 7.11. The highest BCUT2D eigenvalue weighted by Crippen LogP contribution is 2.20. The number of aromatic amines is 1. The first-order chi connectivity index (χ1) is 11.3. The predicted octanol–water partition coefficient (Wildman–Crippen LogP) is 3.41. The van der Waals surface area contributed by atoms with Gasteiger partial charge in [-0.2, -0.15) is 0 Å². The van der Waals surface area contributed by atoms with Gasteiger partial charge in [0.15, 0.2) is 0 Å². The molecule has 3 N–H and O–H groups in total. The van der Waals surface area contributed by atoms with Gasteiger partial charge in [0.25, 0.3) is 5.91 Å². The normalized spacial score (nSPS) is 12.2. The van der Waals surface area contributed by atoms with Crippen molar-refractivity contribution in [3.63, 3.8) is 0 Å². The van der Waals surface area contributed by atoms with E-state index in [1.165, 1.54) is 0 Å². The van der Waals surface area contributed by atoms with Gasteiger partial charge in [-0.15, -0.1) is 0 Å². The Labute approximate surface area is 135 Å². The van der Waals surface area contributed by atoms with Gasteiger partial charge in [0, 0.05) is 29.3 Å². The number of nitrogens with one attached hydrogen (secondary N) is 2. The van der Waals surface area contributed by atoms with E-state index in [1.807, 2.05) is 60.8 Å². The van der Waals surface area contributed by atoms with Crippen LogP contribution in [0, 0.1) is 0 Å². The van der Waals surface area contributed by atoms with E-state index in [1.54, 1.807) is 0 Å². The average Bonchev–Trinajstić information content (AvgIpc) is 3.06. The minimum absolute atomic E-state index is 0.0973. The van der Waals surface area contributed by atoms with E-state index in [-0.39, 0.29) is 18.6 Å². The number of amides is 1. The molecular weight excluding hydrogens is 288 g/mol. The van der Waals surface area contributed by atoms with Crippen LogP contribution in [0.1, 0.15) is 34.8 Å². The maximum Gasteiger partial charge on any atom is 0.251 e. The molecule has 0 bridgehead atoms. The number of carbonyl (C=O) groups excluding carboxylic acids is 1. The molecule has 1 atom stereocenters. The van der Waals surface area contributed by atoms with Crippen LogP contribution in [0.5, 0.6) is 0 Å². The Morgan fingerprint density at radius 2 is 1.96 bits per heavy atom. The molecule has 0 aliphatic heterocycles. The zero-order valence-electron chi connectivity index (χ0n) is 12.8. The number of benzene rings is 2. The third-order valence-electron chi connectivity index (χ3n) is 3.97. The molecule has 0 fully saturated rings. The van der Waals surface area contributed by atoms with Gasteiger partial charge in [-0.05, 0) is 42.7 Å². The molecule has 0 radical (unpaired) electrons. The molecule has 0 unspecified atom stereocenters. The summed E-state index contributed by atoms with van der Waals surface area (Å²) in [5.74, 6) is -0.0973. The number of rotatable bonds is 6. The molecule has 1 heterocycles. The predicted molar refractivity (Wildman–Crippen MR) is 91.3 cm³/mol. The second-order valence-corrected chi connectivity index (χ2v) is 5.58. The Morgan fingerprint density at radius 1 is 1.13 bits per heavy atom. The fraction of sp³-hybridized carbons (Fsp3) is 0.211. The van der Waals surface area contributed by atoms with Crippen LogP contribution in [0.2, 0.25) is 0 Å². The first kappa shape index (κ1) is 15.3. The van der Waals surface area contributed by atoms with Crippen molar-refractivity contribution in [1.29, 1.82) is 0 Å². The fourth-order valence-electron chi connectivity index (χ4n) is 2.74. The quantitative estimate of drug-likeness (QED) is 0.653. The third kappa shape index (κ3) is 3.60. The Balaban J connectivity index is 1.79. The molecule has 0 spiro atoms. The van der Waals surface area contributed by atoms with E-state index in [9.17, 15) is 4.79 Å². The van der Waals surface area contributed by atoms with Gasteiger partial charge < -0.3 is 15.4 Å². The van der Waals surface area contributed by atoms with Crippen LogP contribution in [-0.2, 0) is 0 Å². The molecule has 4 heteroatoms. The molecule has 0 aliphatic carbocycles. The van der Waals surface area contributed by atoms with Gasteiger partial charge in [0.1, 0.15) is 0 Å². The molecule has 0 aliphatic rings. The van der Waals surface area contributed by atoms with Crippen LogP contribution < -0.4 is 5.32 Å². The van der Waals surface area contributed by atoms with Crippen molar-refractivity contribution in [3.05, 3.63) is 71.9 Å². The van der Waals surface area contributed by atoms with Crippen LogP contribution in [-0.4, -0.2) is 22.6 Å². The van der Waals surface area contributed by atoms with E-state index in [2.05, 4.69) is 10.3 Å². The zero-order valence-corrected chi connectivity index (χ0v) is 12.8. The number of H-pyrrole nitrogens is 1. The first-order valence-electron chi connectivity index (χ1n) is 7.82. The molecular formula is C19H20N2O2. The van der Waals surface area contributed by atoms with Crippen molar-refractivity contribution in [3.8, 4) is 0 Å². The van der Waals surface area contributed by atoms with E-state index in [0.29, 0.717) is 18.4 Å². The fourth-order valence-corrected chi connectivity index (χ4v) is 2.74. The number of aromatic nitrogens is 1. The summed E-state index contributed by atoms with van der Waals surface area (Å²) in [6.45, 7) is 0.120. The Kier molecular flexibility index (Phi) is 4.74. The van der Waals surface area contributed by atoms with Gasteiger partial charge in [-0.25, -0.2) is 0 Å². The van der Waals surface area contributed by atoms with Gasteiger partial charge in [-0.3, -0.25) is 4.79 Å². The van der Waals surface area contributed by atoms with Gasteiger partial charge in [0.05, 0.1) is 6.04 Å². The van der Waals surface area contributed by atoms with E-state index in [0.717, 1.165) is 16.5 Å². The van der Waals surface area contributed by atoms with Crippen LogP contribution in [0.15, 0.2) is 60.8 Å². The van der Waals surface area contributed by atoms with Crippen molar-refractivity contribution >= 4 is 16.8 Å². The summed E-state index contributed by atoms with van der Waals surface area (Å²) >= 11 is 0. The summed E-state index contributed by atoms with van der Waals surface area (Å²) < 4.78 is 0. The maximum absolute atomic E-state index is 12.6. The molecule has 1 aromatic heterocycles. The van der Waals surface area contributed by atoms with Crippen molar-refractivity contribution in [2.45, 2.75) is 18.9 Å². The summed E-state index contributed by atoms with van der Waals surface area (Å²) in [6.07, 6.45) is 3.22. The number of hydrogen-bond donors (Lipinski definition) is 3. The van der Waals surface area contributed by atoms with E-state index < -0.39 is 0 Å². The first-order valence-corrected chi connectivity index (χ1v) is 7.82. The minimum atomic E-state index is -0.0993. The molecule has 23 heavy (non-hydrogen) atoms. The number of carbonyl (C=O) groups is 1. The Bertz CT molecular complexity index is 780. The number of aliphatic hydroxyl groups excluding tert-OH is 1. The third-order valence-corrected chi connectivity index (χ3v) is 3.97. The lowest BCUT2D eigenvalue weighted by Crippen LogP contribution is -2.28. The molecule has 1 amide bonds. The van der Waals surface area contributed by atoms with E-state index >= 15 is 0 Å². The smallest absolute Gasteiger partial charge is 0.251 e. The highest BCUT2D eigenvalue weighted by Gasteiger charge is 2.15. The van der Waals surface area contributed by atoms with E-state index in [4.69, 9.17) is 5.11 Å². The summed E-state index contributed by atoms with van der Waals surface area (Å²) in [7, 11) is 0. The lowest BCUT2D eigenvalue weighted by molar-refractivity contribution is 0.0932. The Hall–Kier alpha value is -2.59. The van der Waals surface area contributed by atoms with Crippen LogP contribution >= 0.6 is 0 Å². The van der Waals surface area contributed by atoms with Crippen molar-refractivity contribution < 1.29 is 9.90 Å². The molecule has 3 aromatic rings. The lowest BCUT2D eigenvalue weighted by Gasteiger charge is -2.19. The number of aliphatic hydroxyl groups is 1. The second-order valence-electron chi connectivity index (χ2n) is 5.58. The van der Waals surface area contributed by atoms with Crippen molar-refractivity contribution in [1.82, 2.24) is 10.3 Å². The molecule has 4 nitrogen and oxygen atoms in total. The minimum Gasteiger partial charge on any atom is -0.396 e. The molecule has 3 rings (SSSR count). The maximum atomic E-state index is 12.6. The SMILES string of the molecule is O=C(N[C@@H](CCCO)c1ccccc1)c1ccc2[nH]ccc2c1. The molecule has 2 aromatic carbocycles. The summed E-state index contributed by atoms with van der Waals surface area (Å²) in [4.78, 5) is 15.7. The van der Waals surface area contributed by atoms with Crippen LogP contribution in [0.4, 0.5) is 0 Å². The van der Waals surface area contributed by atoms with Crippen molar-refractivity contribution in [2.24, 2.45) is 0 Å². The number of hydrogen-bond acceptors (Lipinski definition) is 2. The van der Waals surface area contributed by atoms with Crippen molar-refractivity contribution in [2.75, 3.05) is 6.61 Å². The average molecular weight is 308 g/mol. The summed E-state index contributed by atoms with van der Waals surface area (Å²) in [5.41, 5.74) is 2.71. The van der Waals surface area contributed by atoms with Gasteiger partial charge >= 0.3 is 0 Å². The highest BCUT2D eigenvalue weighted by atomic mass is 16.3. The molecule has 0 saturated heterocycles. The Morgan fingerprint density at radius 3 is 2.74 bits per heavy atom. The highest BCUT2D eigenvalue weighted by molar-refractivity contribution is 5.98. The van der Waals surface area contributed by atoms with Crippen LogP contribution in [0.3, 0.4) is 0 Å². The van der Waals surface area contributed by atoms with Gasteiger partial charge in [-0.1, -0.05) is 30.3 Å². The number of fused-ring (bicyclic) bond motifs is 1. The largest absolute Gasteiger partial charge is 0.396 e.